The predicted molar refractivity (Wildman–Crippen MR) is 129 cm³/mol. The Labute approximate surface area is 193 Å². The molecule has 5 N–H and O–H groups in total. The molecule has 1 aliphatic heterocycles. The molecule has 1 atom stereocenters. The first-order chi connectivity index (χ1) is 16.6. The number of rotatable bonds is 3. The van der Waals surface area contributed by atoms with Gasteiger partial charge >= 0.3 is 5.69 Å². The van der Waals surface area contributed by atoms with E-state index in [2.05, 4.69) is 9.97 Å². The molecule has 0 spiro atoms. The largest absolute Gasteiger partial charge is 0.497 e. The summed E-state index contributed by atoms with van der Waals surface area (Å²) in [5, 5.41) is 16.2. The Kier molecular flexibility index (Phi) is 4.56. The number of nitrogens with zero attached hydrogens (tertiary/aromatic N) is 1. The van der Waals surface area contributed by atoms with Gasteiger partial charge in [0.25, 0.3) is 5.56 Å². The van der Waals surface area contributed by atoms with Crippen molar-refractivity contribution in [2.75, 3.05) is 13.7 Å². The van der Waals surface area contributed by atoms with E-state index in [9.17, 15) is 14.7 Å². The molecule has 0 bridgehead atoms. The Balaban J connectivity index is 1.59. The second kappa shape index (κ2) is 7.64. The number of aromatic nitrogens is 3. The van der Waals surface area contributed by atoms with Gasteiger partial charge in [0.15, 0.2) is 6.04 Å². The second-order valence-electron chi connectivity index (χ2n) is 8.51. The molecule has 0 fully saturated rings. The third kappa shape index (κ3) is 2.96. The predicted octanol–water partition coefficient (Wildman–Crippen LogP) is 2.08. The van der Waals surface area contributed by atoms with E-state index in [1.54, 1.807) is 13.2 Å². The van der Waals surface area contributed by atoms with Crippen LogP contribution in [0.1, 0.15) is 22.9 Å². The molecule has 0 unspecified atom stereocenters. The molecular formula is C26H23N4O4+. The minimum atomic E-state index is -0.681. The van der Waals surface area contributed by atoms with Gasteiger partial charge in [0, 0.05) is 22.7 Å². The zero-order valence-electron chi connectivity index (χ0n) is 18.5. The van der Waals surface area contributed by atoms with Crippen LogP contribution in [0.3, 0.4) is 0 Å². The highest BCUT2D eigenvalue weighted by Gasteiger charge is 2.34. The van der Waals surface area contributed by atoms with E-state index in [4.69, 9.17) is 4.74 Å². The van der Waals surface area contributed by atoms with Crippen LogP contribution in [0.15, 0.2) is 70.3 Å². The third-order valence-electron chi connectivity index (χ3n) is 6.69. The summed E-state index contributed by atoms with van der Waals surface area (Å²) in [6.07, 6.45) is 0.806. The second-order valence-corrected chi connectivity index (χ2v) is 8.51. The summed E-state index contributed by atoms with van der Waals surface area (Å²) < 4.78 is 6.58. The summed E-state index contributed by atoms with van der Waals surface area (Å²) in [5.74, 6) is 0.404. The molecular weight excluding hydrogens is 432 g/mol. The SMILES string of the molecule is COc1ccc2[nH]c3c(c2c1)CC[NH2+][C@H]3c1c(O)n(-c2cccc3ccccc23)c(=O)[nH]c1=O. The monoisotopic (exact) mass is 455 g/mol. The van der Waals surface area contributed by atoms with Gasteiger partial charge in [-0.25, -0.2) is 9.36 Å². The molecule has 3 aromatic carbocycles. The zero-order chi connectivity index (χ0) is 23.4. The lowest BCUT2D eigenvalue weighted by atomic mass is 9.95. The molecule has 1 aliphatic rings. The number of nitrogens with two attached hydrogens (primary N) is 1. The van der Waals surface area contributed by atoms with Crippen molar-refractivity contribution in [1.29, 1.82) is 0 Å². The van der Waals surface area contributed by atoms with Crippen LogP contribution in [0.25, 0.3) is 27.4 Å². The zero-order valence-corrected chi connectivity index (χ0v) is 18.5. The van der Waals surface area contributed by atoms with Crippen molar-refractivity contribution in [3.63, 3.8) is 0 Å². The van der Waals surface area contributed by atoms with Crippen LogP contribution >= 0.6 is 0 Å². The van der Waals surface area contributed by atoms with Crippen molar-refractivity contribution in [3.05, 3.63) is 98.3 Å². The molecule has 8 heteroatoms. The van der Waals surface area contributed by atoms with Gasteiger partial charge in [0.05, 0.1) is 25.0 Å². The standard InChI is InChI=1S/C26H22N4O4/c1-34-15-9-10-19-18(13-15)17-11-12-27-23(22(17)28-19)21-24(31)29-26(33)30(25(21)32)20-8-4-6-14-5-2-3-7-16(14)20/h2-10,13,23,27-28,32H,11-12H2,1H3,(H,29,31,33)/p+1/t23-/m0/s1. The molecule has 5 aromatic rings. The van der Waals surface area contributed by atoms with Crippen molar-refractivity contribution in [2.45, 2.75) is 12.5 Å². The molecule has 2 aromatic heterocycles. The van der Waals surface area contributed by atoms with Crippen LogP contribution < -0.4 is 21.3 Å². The average Bonchev–Trinajstić information content (AvgIpc) is 3.22. The quantitative estimate of drug-likeness (QED) is 0.333. The Bertz CT molecular complexity index is 1690. The van der Waals surface area contributed by atoms with E-state index in [-0.39, 0.29) is 11.4 Å². The molecule has 8 nitrogen and oxygen atoms in total. The van der Waals surface area contributed by atoms with Crippen molar-refractivity contribution in [3.8, 4) is 17.3 Å². The molecule has 0 aliphatic carbocycles. The summed E-state index contributed by atoms with van der Waals surface area (Å²) in [7, 11) is 1.63. The third-order valence-corrected chi connectivity index (χ3v) is 6.69. The topological polar surface area (TPSA) is 117 Å². The van der Waals surface area contributed by atoms with Crippen molar-refractivity contribution in [2.24, 2.45) is 0 Å². The lowest BCUT2D eigenvalue weighted by molar-refractivity contribution is -0.690. The number of H-pyrrole nitrogens is 2. The van der Waals surface area contributed by atoms with Crippen molar-refractivity contribution >= 4 is 21.7 Å². The Morgan fingerprint density at radius 3 is 2.71 bits per heavy atom. The van der Waals surface area contributed by atoms with Crippen molar-refractivity contribution in [1.82, 2.24) is 14.5 Å². The lowest BCUT2D eigenvalue weighted by Crippen LogP contribution is -2.87. The highest BCUT2D eigenvalue weighted by molar-refractivity contribution is 5.90. The van der Waals surface area contributed by atoms with E-state index in [0.29, 0.717) is 5.69 Å². The molecule has 0 amide bonds. The molecule has 6 rings (SSSR count). The highest BCUT2D eigenvalue weighted by Crippen LogP contribution is 2.34. The fraction of sp³-hybridized carbons (Fsp3) is 0.154. The summed E-state index contributed by atoms with van der Waals surface area (Å²) >= 11 is 0. The number of aromatic amines is 2. The van der Waals surface area contributed by atoms with Gasteiger partial charge in [0.2, 0.25) is 5.88 Å². The maximum Gasteiger partial charge on any atom is 0.335 e. The maximum absolute atomic E-state index is 13.0. The fourth-order valence-electron chi connectivity index (χ4n) is 5.13. The fourth-order valence-corrected chi connectivity index (χ4v) is 5.13. The minimum absolute atomic E-state index is 0.145. The Morgan fingerprint density at radius 1 is 1.03 bits per heavy atom. The number of quaternary nitrogens is 1. The van der Waals surface area contributed by atoms with Crippen LogP contribution in [0.5, 0.6) is 11.6 Å². The summed E-state index contributed by atoms with van der Waals surface area (Å²) in [6.45, 7) is 0.730. The normalized spacial score (nSPS) is 15.5. The van der Waals surface area contributed by atoms with Crippen LogP contribution in [-0.4, -0.2) is 33.3 Å². The smallest absolute Gasteiger partial charge is 0.335 e. The molecule has 0 radical (unpaired) electrons. The Morgan fingerprint density at radius 2 is 1.85 bits per heavy atom. The van der Waals surface area contributed by atoms with Crippen LogP contribution in [0, 0.1) is 0 Å². The molecule has 0 saturated carbocycles. The van der Waals surface area contributed by atoms with E-state index < -0.39 is 17.3 Å². The first kappa shape index (κ1) is 20.3. The van der Waals surface area contributed by atoms with E-state index in [1.165, 1.54) is 4.57 Å². The van der Waals surface area contributed by atoms with E-state index in [1.807, 2.05) is 59.9 Å². The van der Waals surface area contributed by atoms with E-state index in [0.717, 1.165) is 51.6 Å². The first-order valence-corrected chi connectivity index (χ1v) is 11.1. The molecule has 3 heterocycles. The van der Waals surface area contributed by atoms with E-state index >= 15 is 0 Å². The number of benzene rings is 3. The number of nitrogens with one attached hydrogen (secondary N) is 2. The highest BCUT2D eigenvalue weighted by atomic mass is 16.5. The minimum Gasteiger partial charge on any atom is -0.497 e. The van der Waals surface area contributed by atoms with Gasteiger partial charge in [-0.05, 0) is 35.2 Å². The summed E-state index contributed by atoms with van der Waals surface area (Å²) in [4.78, 5) is 31.8. The van der Waals surface area contributed by atoms with Gasteiger partial charge < -0.3 is 20.1 Å². The molecule has 170 valence electrons. The van der Waals surface area contributed by atoms with Gasteiger partial charge in [-0.2, -0.15) is 0 Å². The van der Waals surface area contributed by atoms with Gasteiger partial charge in [0.1, 0.15) is 11.3 Å². The summed E-state index contributed by atoms with van der Waals surface area (Å²) in [5.41, 5.74) is 2.25. The molecule has 34 heavy (non-hydrogen) atoms. The lowest BCUT2D eigenvalue weighted by Gasteiger charge is -2.22. The number of hydrogen-bond acceptors (Lipinski definition) is 4. The van der Waals surface area contributed by atoms with Crippen LogP contribution in [-0.2, 0) is 6.42 Å². The average molecular weight is 455 g/mol. The number of ether oxygens (including phenoxy) is 1. The van der Waals surface area contributed by atoms with Gasteiger partial charge in [-0.1, -0.05) is 36.4 Å². The molecule has 0 saturated heterocycles. The number of hydrogen-bond donors (Lipinski definition) is 4. The Hall–Kier alpha value is -4.30. The number of methoxy groups -OCH3 is 1. The van der Waals surface area contributed by atoms with Crippen molar-refractivity contribution < 1.29 is 15.2 Å². The number of aromatic hydroxyl groups is 1. The summed E-state index contributed by atoms with van der Waals surface area (Å²) in [6, 6.07) is 18.5. The number of fused-ring (bicyclic) bond motifs is 4. The van der Waals surface area contributed by atoms with Crippen LogP contribution in [0.4, 0.5) is 0 Å². The van der Waals surface area contributed by atoms with Crippen LogP contribution in [0.2, 0.25) is 0 Å². The first-order valence-electron chi connectivity index (χ1n) is 11.1. The maximum atomic E-state index is 13.0. The van der Waals surface area contributed by atoms with Gasteiger partial charge in [-0.3, -0.25) is 9.78 Å². The van der Waals surface area contributed by atoms with Gasteiger partial charge in [-0.15, -0.1) is 0 Å².